The van der Waals surface area contributed by atoms with Gasteiger partial charge >= 0.3 is 0 Å². The minimum absolute atomic E-state index is 0.224. The van der Waals surface area contributed by atoms with Gasteiger partial charge in [-0.05, 0) is 35.7 Å². The largest absolute Gasteiger partial charge is 0.493 e. The maximum absolute atomic E-state index is 13.5. The van der Waals surface area contributed by atoms with Gasteiger partial charge in [-0.25, -0.2) is 4.39 Å². The standard InChI is InChI=1S/C18H16FNO3S.C2H6/c19-15-4-2-1-3-13(15)9-10-23-14-7-5-12(6-8-14)11-16-17(21)20-18(22)24-16;1-2/h1-8,16H,9-11H2,(H,20,21,22);1-2H3. The number of amides is 2. The first-order chi connectivity index (χ1) is 12.6. The van der Waals surface area contributed by atoms with E-state index in [-0.39, 0.29) is 22.2 Å². The first-order valence-corrected chi connectivity index (χ1v) is 9.46. The van der Waals surface area contributed by atoms with Crippen LogP contribution in [0.5, 0.6) is 5.75 Å². The third kappa shape index (κ3) is 5.59. The number of ether oxygens (including phenoxy) is 1. The van der Waals surface area contributed by atoms with E-state index >= 15 is 0 Å². The van der Waals surface area contributed by atoms with Crippen molar-refractivity contribution < 1.29 is 18.7 Å². The molecule has 1 aliphatic rings. The lowest BCUT2D eigenvalue weighted by molar-refractivity contribution is -0.118. The first-order valence-electron chi connectivity index (χ1n) is 8.58. The van der Waals surface area contributed by atoms with Crippen molar-refractivity contribution >= 4 is 22.9 Å². The SMILES string of the molecule is CC.O=C1NC(=O)C(Cc2ccc(OCCc3ccccc3F)cc2)S1. The molecule has 2 aromatic rings. The van der Waals surface area contributed by atoms with Crippen LogP contribution in [0.4, 0.5) is 9.18 Å². The highest BCUT2D eigenvalue weighted by Gasteiger charge is 2.31. The summed E-state index contributed by atoms with van der Waals surface area (Å²) in [6.07, 6.45) is 0.993. The van der Waals surface area contributed by atoms with Gasteiger partial charge in [-0.15, -0.1) is 0 Å². The van der Waals surface area contributed by atoms with E-state index in [2.05, 4.69) is 5.32 Å². The molecule has 1 fully saturated rings. The molecule has 0 aliphatic carbocycles. The van der Waals surface area contributed by atoms with E-state index in [9.17, 15) is 14.0 Å². The molecular weight excluding hydrogens is 353 g/mol. The van der Waals surface area contributed by atoms with Crippen molar-refractivity contribution in [2.75, 3.05) is 6.61 Å². The summed E-state index contributed by atoms with van der Waals surface area (Å²) in [4.78, 5) is 22.7. The van der Waals surface area contributed by atoms with Gasteiger partial charge in [0.05, 0.1) is 11.9 Å². The molecule has 1 atom stereocenters. The minimum atomic E-state index is -0.370. The maximum Gasteiger partial charge on any atom is 0.286 e. The van der Waals surface area contributed by atoms with Crippen LogP contribution >= 0.6 is 11.8 Å². The normalized spacial score (nSPS) is 15.9. The van der Waals surface area contributed by atoms with Crippen LogP contribution in [0.3, 0.4) is 0 Å². The summed E-state index contributed by atoms with van der Waals surface area (Å²) in [7, 11) is 0. The van der Waals surface area contributed by atoms with Crippen molar-refractivity contribution in [2.24, 2.45) is 0 Å². The van der Waals surface area contributed by atoms with Crippen molar-refractivity contribution in [3.63, 3.8) is 0 Å². The van der Waals surface area contributed by atoms with E-state index in [0.29, 0.717) is 30.8 Å². The molecule has 6 heteroatoms. The Morgan fingerprint density at radius 3 is 2.38 bits per heavy atom. The summed E-state index contributed by atoms with van der Waals surface area (Å²) in [5, 5.41) is 1.61. The van der Waals surface area contributed by atoms with Gasteiger partial charge in [0, 0.05) is 6.42 Å². The lowest BCUT2D eigenvalue weighted by Gasteiger charge is -2.09. The molecule has 2 amide bonds. The number of hydrogen-bond donors (Lipinski definition) is 1. The van der Waals surface area contributed by atoms with Gasteiger partial charge in [0.15, 0.2) is 0 Å². The minimum Gasteiger partial charge on any atom is -0.493 e. The quantitative estimate of drug-likeness (QED) is 0.815. The first kappa shape index (κ1) is 20.0. The van der Waals surface area contributed by atoms with Gasteiger partial charge < -0.3 is 4.74 Å². The van der Waals surface area contributed by atoms with Crippen LogP contribution in [-0.2, 0) is 17.6 Å². The number of hydrogen-bond acceptors (Lipinski definition) is 4. The lowest BCUT2D eigenvalue weighted by atomic mass is 10.1. The molecule has 2 aromatic carbocycles. The molecule has 1 aliphatic heterocycles. The molecule has 0 spiro atoms. The van der Waals surface area contributed by atoms with Crippen molar-refractivity contribution in [3.05, 3.63) is 65.5 Å². The Labute approximate surface area is 157 Å². The summed E-state index contributed by atoms with van der Waals surface area (Å²) in [5.74, 6) is 0.225. The highest BCUT2D eigenvalue weighted by molar-refractivity contribution is 8.15. The Bertz CT molecular complexity index is 749. The van der Waals surface area contributed by atoms with Crippen LogP contribution in [0.15, 0.2) is 48.5 Å². The molecule has 0 saturated carbocycles. The van der Waals surface area contributed by atoms with Crippen LogP contribution in [0, 0.1) is 5.82 Å². The molecule has 4 nitrogen and oxygen atoms in total. The van der Waals surface area contributed by atoms with Crippen LogP contribution in [-0.4, -0.2) is 23.0 Å². The average molecular weight is 375 g/mol. The zero-order chi connectivity index (χ0) is 18.9. The topological polar surface area (TPSA) is 55.4 Å². The smallest absolute Gasteiger partial charge is 0.286 e. The Morgan fingerprint density at radius 2 is 1.77 bits per heavy atom. The Balaban J connectivity index is 0.00000117. The van der Waals surface area contributed by atoms with E-state index in [1.165, 1.54) is 6.07 Å². The van der Waals surface area contributed by atoms with Crippen LogP contribution in [0.25, 0.3) is 0 Å². The third-order valence-corrected chi connectivity index (χ3v) is 4.69. The number of carbonyl (C=O) groups is 2. The predicted molar refractivity (Wildman–Crippen MR) is 102 cm³/mol. The fraction of sp³-hybridized carbons (Fsp3) is 0.300. The van der Waals surface area contributed by atoms with E-state index in [0.717, 1.165) is 17.3 Å². The molecule has 1 N–H and O–H groups in total. The van der Waals surface area contributed by atoms with Crippen LogP contribution in [0.2, 0.25) is 0 Å². The van der Waals surface area contributed by atoms with Gasteiger partial charge in [0.1, 0.15) is 11.6 Å². The number of benzene rings is 2. The van der Waals surface area contributed by atoms with Gasteiger partial charge in [-0.2, -0.15) is 0 Å². The molecular formula is C20H22FNO3S. The van der Waals surface area contributed by atoms with Crippen LogP contribution in [0.1, 0.15) is 25.0 Å². The number of nitrogens with one attached hydrogen (secondary N) is 1. The number of halogens is 1. The number of thioether (sulfide) groups is 1. The van der Waals surface area contributed by atoms with E-state index in [1.54, 1.807) is 18.2 Å². The second-order valence-electron chi connectivity index (χ2n) is 5.42. The molecule has 1 saturated heterocycles. The Hall–Kier alpha value is -2.34. The average Bonchev–Trinajstić information content (AvgIpc) is 2.97. The Kier molecular flexibility index (Phi) is 7.66. The second-order valence-corrected chi connectivity index (χ2v) is 6.60. The zero-order valence-electron chi connectivity index (χ0n) is 14.8. The van der Waals surface area contributed by atoms with Gasteiger partial charge in [0.25, 0.3) is 5.24 Å². The van der Waals surface area contributed by atoms with E-state index in [4.69, 9.17) is 4.74 Å². The Morgan fingerprint density at radius 1 is 1.08 bits per heavy atom. The van der Waals surface area contributed by atoms with Crippen molar-refractivity contribution in [1.82, 2.24) is 5.32 Å². The van der Waals surface area contributed by atoms with Gasteiger partial charge in [0.2, 0.25) is 5.91 Å². The molecule has 0 bridgehead atoms. The van der Waals surface area contributed by atoms with E-state index in [1.807, 2.05) is 38.1 Å². The molecule has 1 heterocycles. The fourth-order valence-electron chi connectivity index (χ4n) is 2.44. The number of rotatable bonds is 6. The van der Waals surface area contributed by atoms with Crippen molar-refractivity contribution in [3.8, 4) is 5.75 Å². The van der Waals surface area contributed by atoms with Gasteiger partial charge in [-0.1, -0.05) is 55.9 Å². The van der Waals surface area contributed by atoms with Crippen LogP contribution < -0.4 is 10.1 Å². The summed E-state index contributed by atoms with van der Waals surface area (Å²) in [6, 6.07) is 14.0. The van der Waals surface area contributed by atoms with E-state index < -0.39 is 0 Å². The van der Waals surface area contributed by atoms with Crippen molar-refractivity contribution in [2.45, 2.75) is 31.9 Å². The predicted octanol–water partition coefficient (Wildman–Crippen LogP) is 4.37. The second kappa shape index (κ2) is 9.97. The molecule has 3 rings (SSSR count). The number of imide groups is 1. The summed E-state index contributed by atoms with van der Waals surface area (Å²) >= 11 is 1.02. The summed E-state index contributed by atoms with van der Waals surface area (Å²) in [6.45, 7) is 4.38. The highest BCUT2D eigenvalue weighted by Crippen LogP contribution is 2.24. The summed E-state index contributed by atoms with van der Waals surface area (Å²) in [5.41, 5.74) is 1.59. The maximum atomic E-state index is 13.5. The molecule has 138 valence electrons. The fourth-order valence-corrected chi connectivity index (χ4v) is 3.30. The third-order valence-electron chi connectivity index (χ3n) is 3.71. The lowest BCUT2D eigenvalue weighted by Crippen LogP contribution is -2.25. The number of carbonyl (C=O) groups excluding carboxylic acids is 2. The molecule has 0 aromatic heterocycles. The van der Waals surface area contributed by atoms with Crippen molar-refractivity contribution in [1.29, 1.82) is 0 Å². The highest BCUT2D eigenvalue weighted by atomic mass is 32.2. The molecule has 26 heavy (non-hydrogen) atoms. The zero-order valence-corrected chi connectivity index (χ0v) is 15.6. The monoisotopic (exact) mass is 375 g/mol. The van der Waals surface area contributed by atoms with Gasteiger partial charge in [-0.3, -0.25) is 14.9 Å². The molecule has 0 radical (unpaired) electrons. The molecule has 1 unspecified atom stereocenters. The summed E-state index contributed by atoms with van der Waals surface area (Å²) < 4.78 is 19.1.